The molecule has 0 saturated carbocycles. The highest BCUT2D eigenvalue weighted by atomic mass is 19.2. The number of benzene rings is 1. The molecule has 0 aliphatic rings. The second-order valence-electron chi connectivity index (χ2n) is 5.71. The van der Waals surface area contributed by atoms with Crippen LogP contribution in [0.2, 0.25) is 0 Å². The first-order valence-electron chi connectivity index (χ1n) is 8.47. The van der Waals surface area contributed by atoms with Crippen LogP contribution in [-0.2, 0) is 4.74 Å². The third-order valence-electron chi connectivity index (χ3n) is 3.40. The van der Waals surface area contributed by atoms with E-state index in [1.807, 2.05) is 6.92 Å². The zero-order chi connectivity index (χ0) is 23.4. The Kier molecular flexibility index (Phi) is 11.3. The Morgan fingerprint density at radius 2 is 1.53 bits per heavy atom. The van der Waals surface area contributed by atoms with Crippen LogP contribution in [0.15, 0.2) is 103 Å². The van der Waals surface area contributed by atoms with Gasteiger partial charge in [-0.25, -0.2) is 8.78 Å². The Morgan fingerprint density at radius 1 is 0.967 bits per heavy atom. The standard InChI is InChI=1S/C21H18F4O2.C3H6/c1-12(7-9-16-10-11-17(26)21(25)20(16)24)6-8-13(2)14(3)18(22)19(23)15(4)27-5;1-3-2/h6-11,26H,1-4H2,5H3;3H,1H2,2H3/b8-6-,9-7+,19-18-;. The van der Waals surface area contributed by atoms with E-state index in [0.717, 1.165) is 13.2 Å². The number of hydrogen-bond acceptors (Lipinski definition) is 2. The Bertz CT molecular complexity index is 935. The van der Waals surface area contributed by atoms with Crippen molar-refractivity contribution in [1.29, 1.82) is 0 Å². The van der Waals surface area contributed by atoms with Crippen LogP contribution in [0.3, 0.4) is 0 Å². The minimum Gasteiger partial charge on any atom is -0.505 e. The Balaban J connectivity index is 0.00000263. The highest BCUT2D eigenvalue weighted by Gasteiger charge is 2.15. The van der Waals surface area contributed by atoms with Crippen LogP contribution in [0.25, 0.3) is 6.08 Å². The molecular weight excluding hydrogens is 396 g/mol. The fraction of sp³-hybridized carbons (Fsp3) is 0.0833. The summed E-state index contributed by atoms with van der Waals surface area (Å²) in [5.41, 5.74) is -0.0199. The Hall–Kier alpha value is -3.54. The van der Waals surface area contributed by atoms with Crippen LogP contribution in [0.5, 0.6) is 5.75 Å². The summed E-state index contributed by atoms with van der Waals surface area (Å²) in [6, 6.07) is 2.20. The van der Waals surface area contributed by atoms with Gasteiger partial charge in [-0.3, -0.25) is 0 Å². The summed E-state index contributed by atoms with van der Waals surface area (Å²) in [5.74, 6) is -6.40. The topological polar surface area (TPSA) is 29.5 Å². The third-order valence-corrected chi connectivity index (χ3v) is 3.40. The van der Waals surface area contributed by atoms with Crippen LogP contribution in [-0.4, -0.2) is 12.2 Å². The van der Waals surface area contributed by atoms with Gasteiger partial charge in [-0.1, -0.05) is 56.7 Å². The van der Waals surface area contributed by atoms with E-state index in [4.69, 9.17) is 5.11 Å². The van der Waals surface area contributed by atoms with Crippen molar-refractivity contribution in [3.63, 3.8) is 0 Å². The second-order valence-corrected chi connectivity index (χ2v) is 5.71. The number of allylic oxidation sites excluding steroid dienone is 9. The zero-order valence-electron chi connectivity index (χ0n) is 16.9. The zero-order valence-corrected chi connectivity index (χ0v) is 16.9. The van der Waals surface area contributed by atoms with Crippen LogP contribution in [0, 0.1) is 11.6 Å². The second kappa shape index (κ2) is 12.8. The van der Waals surface area contributed by atoms with Gasteiger partial charge in [0.15, 0.2) is 17.4 Å². The minimum atomic E-state index is -1.36. The van der Waals surface area contributed by atoms with Gasteiger partial charge in [0.2, 0.25) is 11.6 Å². The molecular formula is C24H24F4O2. The van der Waals surface area contributed by atoms with Gasteiger partial charge in [0, 0.05) is 11.1 Å². The van der Waals surface area contributed by atoms with Crippen molar-refractivity contribution in [2.45, 2.75) is 6.92 Å². The van der Waals surface area contributed by atoms with Crippen molar-refractivity contribution in [2.75, 3.05) is 7.11 Å². The molecule has 0 fully saturated rings. The normalized spacial score (nSPS) is 11.4. The number of halogens is 4. The highest BCUT2D eigenvalue weighted by Crippen LogP contribution is 2.27. The van der Waals surface area contributed by atoms with Gasteiger partial charge in [-0.15, -0.1) is 6.58 Å². The molecule has 30 heavy (non-hydrogen) atoms. The Morgan fingerprint density at radius 3 is 2.07 bits per heavy atom. The lowest BCUT2D eigenvalue weighted by Crippen LogP contribution is -1.93. The maximum absolute atomic E-state index is 13.9. The molecule has 0 atom stereocenters. The largest absolute Gasteiger partial charge is 0.505 e. The lowest BCUT2D eigenvalue weighted by Gasteiger charge is -2.06. The van der Waals surface area contributed by atoms with Gasteiger partial charge in [0.1, 0.15) is 5.76 Å². The van der Waals surface area contributed by atoms with E-state index < -0.39 is 34.8 Å². The number of rotatable bonds is 8. The maximum atomic E-state index is 13.9. The van der Waals surface area contributed by atoms with E-state index in [-0.39, 0.29) is 16.7 Å². The smallest absolute Gasteiger partial charge is 0.200 e. The molecule has 0 aromatic heterocycles. The molecule has 0 spiro atoms. The first-order valence-corrected chi connectivity index (χ1v) is 8.47. The summed E-state index contributed by atoms with van der Waals surface area (Å²) in [6.45, 7) is 19.1. The van der Waals surface area contributed by atoms with Crippen LogP contribution in [0.1, 0.15) is 12.5 Å². The molecule has 1 N–H and O–H groups in total. The van der Waals surface area contributed by atoms with E-state index in [1.54, 1.807) is 6.08 Å². The molecule has 2 nitrogen and oxygen atoms in total. The number of ether oxygens (including phenoxy) is 1. The first-order chi connectivity index (χ1) is 14.0. The van der Waals surface area contributed by atoms with E-state index in [1.165, 1.54) is 30.4 Å². The van der Waals surface area contributed by atoms with Gasteiger partial charge in [0.05, 0.1) is 7.11 Å². The minimum absolute atomic E-state index is 0.0583. The SMILES string of the molecule is C=C(/C=C\C(=C)C(=C)/C(F)=C(/F)C(=C)OC)/C=C/c1ccc(O)c(F)c1F.C=CC. The van der Waals surface area contributed by atoms with Gasteiger partial charge in [-0.2, -0.15) is 8.78 Å². The molecule has 0 amide bonds. The molecule has 160 valence electrons. The number of aromatic hydroxyl groups is 1. The molecule has 1 aromatic carbocycles. The summed E-state index contributed by atoms with van der Waals surface area (Å²) in [5, 5.41) is 9.07. The highest BCUT2D eigenvalue weighted by molar-refractivity contribution is 5.57. The lowest BCUT2D eigenvalue weighted by molar-refractivity contribution is 0.281. The van der Waals surface area contributed by atoms with Crippen LogP contribution >= 0.6 is 0 Å². The van der Waals surface area contributed by atoms with Gasteiger partial charge in [-0.05, 0) is 30.2 Å². The number of phenols is 1. The fourth-order valence-corrected chi connectivity index (χ4v) is 1.73. The summed E-state index contributed by atoms with van der Waals surface area (Å²) >= 11 is 0. The molecule has 6 heteroatoms. The molecule has 1 rings (SSSR count). The van der Waals surface area contributed by atoms with Gasteiger partial charge in [0.25, 0.3) is 0 Å². The molecule has 0 saturated heterocycles. The Labute approximate surface area is 174 Å². The summed E-state index contributed by atoms with van der Waals surface area (Å²) in [4.78, 5) is 0. The number of hydrogen-bond donors (Lipinski definition) is 1. The summed E-state index contributed by atoms with van der Waals surface area (Å²) in [6.07, 6.45) is 7.08. The quantitative estimate of drug-likeness (QED) is 0.205. The van der Waals surface area contributed by atoms with E-state index in [0.29, 0.717) is 5.57 Å². The van der Waals surface area contributed by atoms with Crippen LogP contribution < -0.4 is 0 Å². The van der Waals surface area contributed by atoms with Gasteiger partial charge < -0.3 is 9.84 Å². The van der Waals surface area contributed by atoms with Crippen molar-refractivity contribution in [2.24, 2.45) is 0 Å². The monoisotopic (exact) mass is 420 g/mol. The van der Waals surface area contributed by atoms with Crippen molar-refractivity contribution in [3.05, 3.63) is 121 Å². The molecule has 0 bridgehead atoms. The average molecular weight is 420 g/mol. The van der Waals surface area contributed by atoms with Crippen molar-refractivity contribution in [1.82, 2.24) is 0 Å². The predicted molar refractivity (Wildman–Crippen MR) is 115 cm³/mol. The number of phenolic OH excluding ortho intramolecular Hbond substituents is 1. The van der Waals surface area contributed by atoms with Crippen molar-refractivity contribution in [3.8, 4) is 5.75 Å². The van der Waals surface area contributed by atoms with Crippen molar-refractivity contribution >= 4 is 6.08 Å². The molecule has 0 aliphatic heterocycles. The van der Waals surface area contributed by atoms with Gasteiger partial charge >= 0.3 is 0 Å². The fourth-order valence-electron chi connectivity index (χ4n) is 1.73. The third kappa shape index (κ3) is 7.83. The summed E-state index contributed by atoms with van der Waals surface area (Å²) in [7, 11) is 1.14. The van der Waals surface area contributed by atoms with Crippen LogP contribution in [0.4, 0.5) is 17.6 Å². The van der Waals surface area contributed by atoms with Crippen molar-refractivity contribution < 1.29 is 27.4 Å². The van der Waals surface area contributed by atoms with E-state index in [9.17, 15) is 17.6 Å². The summed E-state index contributed by atoms with van der Waals surface area (Å²) < 4.78 is 59.0. The average Bonchev–Trinajstić information content (AvgIpc) is 2.73. The molecule has 0 radical (unpaired) electrons. The molecule has 0 heterocycles. The molecule has 0 aliphatic carbocycles. The maximum Gasteiger partial charge on any atom is 0.200 e. The molecule has 1 aromatic rings. The first kappa shape index (κ1) is 26.5. The predicted octanol–water partition coefficient (Wildman–Crippen LogP) is 7.41. The number of methoxy groups -OCH3 is 1. The molecule has 0 unspecified atom stereocenters. The van der Waals surface area contributed by atoms with E-state index >= 15 is 0 Å². The lowest BCUT2D eigenvalue weighted by atomic mass is 10.1. The van der Waals surface area contributed by atoms with E-state index in [2.05, 4.69) is 37.6 Å².